The number of pyridine rings is 1. The van der Waals surface area contributed by atoms with Crippen molar-refractivity contribution in [2.24, 2.45) is 0 Å². The first kappa shape index (κ1) is 21.5. The van der Waals surface area contributed by atoms with Crippen LogP contribution in [0, 0.1) is 6.92 Å². The van der Waals surface area contributed by atoms with Crippen LogP contribution in [0.25, 0.3) is 0 Å². The average Bonchev–Trinajstić information content (AvgIpc) is 3.29. The number of ether oxygens (including phenoxy) is 2. The van der Waals surface area contributed by atoms with Crippen LogP contribution in [0.5, 0.6) is 0 Å². The molecule has 30 heavy (non-hydrogen) atoms. The van der Waals surface area contributed by atoms with Crippen molar-refractivity contribution in [1.82, 2.24) is 14.8 Å². The van der Waals surface area contributed by atoms with Gasteiger partial charge in [-0.3, -0.25) is 14.5 Å². The molecule has 1 aromatic rings. The molecule has 1 aliphatic carbocycles. The van der Waals surface area contributed by atoms with Crippen molar-refractivity contribution >= 4 is 5.91 Å². The summed E-state index contributed by atoms with van der Waals surface area (Å²) in [6.07, 6.45) is 9.64. The Morgan fingerprint density at radius 3 is 2.63 bits per heavy atom. The lowest BCUT2D eigenvalue weighted by molar-refractivity contribution is -0.0361. The molecule has 4 rings (SSSR count). The summed E-state index contributed by atoms with van der Waals surface area (Å²) in [7, 11) is 0. The highest BCUT2D eigenvalue weighted by Gasteiger charge is 2.39. The molecule has 2 saturated heterocycles. The summed E-state index contributed by atoms with van der Waals surface area (Å²) >= 11 is 0. The van der Waals surface area contributed by atoms with Crippen molar-refractivity contribution in [3.05, 3.63) is 33.7 Å². The Balaban J connectivity index is 1.49. The van der Waals surface area contributed by atoms with Gasteiger partial charge in [0.25, 0.3) is 11.5 Å². The Labute approximate surface area is 178 Å². The van der Waals surface area contributed by atoms with Crippen molar-refractivity contribution < 1.29 is 14.3 Å². The van der Waals surface area contributed by atoms with Gasteiger partial charge in [0.1, 0.15) is 5.56 Å². The lowest BCUT2D eigenvalue weighted by atomic mass is 9.79. The Bertz CT molecular complexity index is 788. The Kier molecular flexibility index (Phi) is 6.91. The minimum atomic E-state index is -0.252. The van der Waals surface area contributed by atoms with Gasteiger partial charge in [-0.1, -0.05) is 19.3 Å². The Morgan fingerprint density at radius 2 is 1.93 bits per heavy atom. The fourth-order valence-electron chi connectivity index (χ4n) is 5.28. The fraction of sp³-hybridized carbons (Fsp3) is 0.739. The molecule has 1 N–H and O–H groups in total. The number of hydrogen-bond acceptors (Lipinski definition) is 5. The van der Waals surface area contributed by atoms with Gasteiger partial charge in [-0.05, 0) is 44.2 Å². The van der Waals surface area contributed by atoms with Gasteiger partial charge in [-0.25, -0.2) is 0 Å². The summed E-state index contributed by atoms with van der Waals surface area (Å²) in [5, 5.41) is 3.14. The molecule has 3 fully saturated rings. The van der Waals surface area contributed by atoms with Gasteiger partial charge in [0.2, 0.25) is 0 Å². The predicted molar refractivity (Wildman–Crippen MR) is 115 cm³/mol. The first-order valence-electron chi connectivity index (χ1n) is 11.5. The third-order valence-electron chi connectivity index (χ3n) is 7.07. The topological polar surface area (TPSA) is 72.8 Å². The molecule has 7 nitrogen and oxygen atoms in total. The van der Waals surface area contributed by atoms with E-state index in [2.05, 4.69) is 10.2 Å². The summed E-state index contributed by atoms with van der Waals surface area (Å²) in [6, 6.07) is 1.86. The van der Waals surface area contributed by atoms with Gasteiger partial charge in [-0.15, -0.1) is 0 Å². The van der Waals surface area contributed by atoms with Crippen LogP contribution < -0.4 is 10.9 Å². The van der Waals surface area contributed by atoms with E-state index in [1.807, 2.05) is 13.0 Å². The number of rotatable bonds is 6. The molecule has 1 aromatic heterocycles. The van der Waals surface area contributed by atoms with E-state index in [-0.39, 0.29) is 28.7 Å². The lowest BCUT2D eigenvalue weighted by Crippen LogP contribution is -2.59. The number of nitrogens with zero attached hydrogens (tertiary/aromatic N) is 2. The van der Waals surface area contributed by atoms with E-state index in [4.69, 9.17) is 9.47 Å². The number of nitrogens with one attached hydrogen (secondary N) is 1. The van der Waals surface area contributed by atoms with Crippen LogP contribution >= 0.6 is 0 Å². The maximum atomic E-state index is 13.1. The number of carbonyl (C=O) groups excluding carboxylic acids is 1. The second kappa shape index (κ2) is 9.62. The van der Waals surface area contributed by atoms with Crippen LogP contribution in [-0.2, 0) is 16.0 Å². The van der Waals surface area contributed by atoms with E-state index in [1.165, 1.54) is 19.3 Å². The van der Waals surface area contributed by atoms with Crippen molar-refractivity contribution in [3.63, 3.8) is 0 Å². The first-order chi connectivity index (χ1) is 14.6. The summed E-state index contributed by atoms with van der Waals surface area (Å²) in [5.41, 5.74) is 0.762. The predicted octanol–water partition coefficient (Wildman–Crippen LogP) is 2.10. The van der Waals surface area contributed by atoms with Crippen LogP contribution in [-0.4, -0.2) is 66.5 Å². The number of carbonyl (C=O) groups is 1. The van der Waals surface area contributed by atoms with Gasteiger partial charge in [0.15, 0.2) is 0 Å². The molecule has 3 heterocycles. The molecule has 1 unspecified atom stereocenters. The maximum Gasteiger partial charge on any atom is 0.263 e. The molecule has 1 saturated carbocycles. The molecule has 0 aromatic carbocycles. The summed E-state index contributed by atoms with van der Waals surface area (Å²) in [4.78, 5) is 28.7. The van der Waals surface area contributed by atoms with Crippen molar-refractivity contribution in [1.29, 1.82) is 0 Å². The van der Waals surface area contributed by atoms with Crippen LogP contribution in [0.3, 0.4) is 0 Å². The zero-order valence-corrected chi connectivity index (χ0v) is 18.2. The van der Waals surface area contributed by atoms with Gasteiger partial charge >= 0.3 is 0 Å². The highest BCUT2D eigenvalue weighted by molar-refractivity contribution is 5.95. The number of aryl methyl sites for hydroxylation is 1. The van der Waals surface area contributed by atoms with E-state index < -0.39 is 0 Å². The number of amides is 1. The smallest absolute Gasteiger partial charge is 0.263 e. The van der Waals surface area contributed by atoms with E-state index in [0.717, 1.165) is 64.2 Å². The molecule has 0 bridgehead atoms. The molecular formula is C23H35N3O4. The largest absolute Gasteiger partial charge is 0.379 e. The van der Waals surface area contributed by atoms with Crippen LogP contribution in [0.1, 0.15) is 60.9 Å². The Hall–Kier alpha value is -1.70. The highest BCUT2D eigenvalue weighted by atomic mass is 16.5. The zero-order valence-electron chi connectivity index (χ0n) is 18.2. The van der Waals surface area contributed by atoms with Crippen molar-refractivity contribution in [2.75, 3.05) is 39.5 Å². The zero-order chi connectivity index (χ0) is 21.0. The summed E-state index contributed by atoms with van der Waals surface area (Å²) in [6.45, 7) is 7.02. The monoisotopic (exact) mass is 417 g/mol. The maximum absolute atomic E-state index is 13.1. The summed E-state index contributed by atoms with van der Waals surface area (Å²) < 4.78 is 12.9. The fourth-order valence-corrected chi connectivity index (χ4v) is 5.28. The SMILES string of the molecule is Cc1ccn(CC2CCCO2)c(=O)c1C(=O)NCC1(N2CCOCC2)CCCCC1. The van der Waals surface area contributed by atoms with E-state index in [1.54, 1.807) is 10.8 Å². The third-order valence-corrected chi connectivity index (χ3v) is 7.07. The normalized spacial score (nSPS) is 24.6. The number of hydrogen-bond donors (Lipinski definition) is 1. The third kappa shape index (κ3) is 4.63. The van der Waals surface area contributed by atoms with Gasteiger partial charge < -0.3 is 19.4 Å². The molecule has 166 valence electrons. The first-order valence-corrected chi connectivity index (χ1v) is 11.5. The molecule has 1 amide bonds. The van der Waals surface area contributed by atoms with E-state index >= 15 is 0 Å². The molecule has 7 heteroatoms. The van der Waals surface area contributed by atoms with Gasteiger partial charge in [0.05, 0.1) is 25.9 Å². The highest BCUT2D eigenvalue weighted by Crippen LogP contribution is 2.34. The second-order valence-electron chi connectivity index (χ2n) is 9.03. The van der Waals surface area contributed by atoms with Crippen molar-refractivity contribution in [3.8, 4) is 0 Å². The van der Waals surface area contributed by atoms with Gasteiger partial charge in [0, 0.05) is 38.0 Å². The average molecular weight is 418 g/mol. The molecule has 1 atom stereocenters. The molecule has 0 spiro atoms. The van der Waals surface area contributed by atoms with Crippen molar-refractivity contribution in [2.45, 2.75) is 70.1 Å². The standard InChI is InChI=1S/C23H35N3O4/c1-18-7-10-25(16-19-6-5-13-30-19)22(28)20(18)21(27)24-17-23(8-3-2-4-9-23)26-11-14-29-15-12-26/h7,10,19H,2-6,8-9,11-17H2,1H3,(H,24,27). The quantitative estimate of drug-likeness (QED) is 0.767. The minimum absolute atomic E-state index is 0.0168. The van der Waals surface area contributed by atoms with Crippen LogP contribution in [0.4, 0.5) is 0 Å². The summed E-state index contributed by atoms with van der Waals surface area (Å²) in [5.74, 6) is -0.252. The molecule has 2 aliphatic heterocycles. The van der Waals surface area contributed by atoms with E-state index in [9.17, 15) is 9.59 Å². The van der Waals surface area contributed by atoms with Crippen LogP contribution in [0.2, 0.25) is 0 Å². The molecular weight excluding hydrogens is 382 g/mol. The minimum Gasteiger partial charge on any atom is -0.379 e. The molecule has 0 radical (unpaired) electrons. The lowest BCUT2D eigenvalue weighted by Gasteiger charge is -2.48. The van der Waals surface area contributed by atoms with Crippen LogP contribution in [0.15, 0.2) is 17.1 Å². The molecule has 3 aliphatic rings. The second-order valence-corrected chi connectivity index (χ2v) is 9.03. The number of morpholine rings is 1. The number of aromatic nitrogens is 1. The Morgan fingerprint density at radius 1 is 1.17 bits per heavy atom. The van der Waals surface area contributed by atoms with Gasteiger partial charge in [-0.2, -0.15) is 0 Å². The van der Waals surface area contributed by atoms with E-state index in [0.29, 0.717) is 13.1 Å².